The second-order valence-electron chi connectivity index (χ2n) is 6.84. The number of hydrogen-bond donors (Lipinski definition) is 2. The monoisotopic (exact) mass is 392 g/mol. The average Bonchev–Trinajstić information content (AvgIpc) is 2.98. The molecule has 0 aliphatic heterocycles. The van der Waals surface area contributed by atoms with Gasteiger partial charge < -0.3 is 20.1 Å². The van der Waals surface area contributed by atoms with Crippen LogP contribution >= 0.6 is 0 Å². The number of esters is 1. The molecule has 1 amide bonds. The minimum Gasteiger partial charge on any atom is -0.508 e. The molecule has 0 saturated heterocycles. The molecule has 0 bridgehead atoms. The Labute approximate surface area is 169 Å². The number of rotatable bonds is 7. The van der Waals surface area contributed by atoms with Crippen LogP contribution in [-0.4, -0.2) is 28.7 Å². The largest absolute Gasteiger partial charge is 0.508 e. The zero-order valence-electron chi connectivity index (χ0n) is 16.5. The second-order valence-corrected chi connectivity index (χ2v) is 6.84. The van der Waals surface area contributed by atoms with E-state index in [1.807, 2.05) is 47.9 Å². The normalized spacial score (nSPS) is 10.7. The molecule has 3 N–H and O–H groups in total. The molecule has 29 heavy (non-hydrogen) atoms. The number of hydrogen-bond acceptors (Lipinski definition) is 4. The fourth-order valence-corrected chi connectivity index (χ4v) is 3.63. The molecular weight excluding hydrogens is 368 g/mol. The fourth-order valence-electron chi connectivity index (χ4n) is 3.63. The Morgan fingerprint density at radius 3 is 2.45 bits per heavy atom. The van der Waals surface area contributed by atoms with Crippen LogP contribution in [0.1, 0.15) is 33.7 Å². The van der Waals surface area contributed by atoms with E-state index < -0.39 is 5.91 Å². The summed E-state index contributed by atoms with van der Waals surface area (Å²) in [6.45, 7) is 2.37. The van der Waals surface area contributed by atoms with Crippen molar-refractivity contribution in [2.24, 2.45) is 5.73 Å². The number of primary amides is 1. The Balaban J connectivity index is 2.21. The molecule has 3 aromatic rings. The van der Waals surface area contributed by atoms with E-state index in [1.54, 1.807) is 18.2 Å². The molecular formula is C23H24N2O4. The first-order valence-corrected chi connectivity index (χ1v) is 9.34. The third kappa shape index (κ3) is 4.32. The van der Waals surface area contributed by atoms with E-state index in [4.69, 9.17) is 10.5 Å². The molecule has 0 atom stereocenters. The number of carbonyl (C=O) groups is 2. The summed E-state index contributed by atoms with van der Waals surface area (Å²) >= 11 is 0. The Hall–Kier alpha value is -3.54. The van der Waals surface area contributed by atoms with Crippen LogP contribution in [0.4, 0.5) is 0 Å². The van der Waals surface area contributed by atoms with Crippen molar-refractivity contribution < 1.29 is 19.4 Å². The molecule has 6 heteroatoms. The molecule has 0 fully saturated rings. The number of ether oxygens (including phenoxy) is 1. The van der Waals surface area contributed by atoms with E-state index in [-0.39, 0.29) is 18.1 Å². The number of benzene rings is 2. The molecule has 0 aliphatic rings. The summed E-state index contributed by atoms with van der Waals surface area (Å²) in [7, 11) is 1.35. The van der Waals surface area contributed by atoms with E-state index in [0.29, 0.717) is 29.7 Å². The Morgan fingerprint density at radius 1 is 1.10 bits per heavy atom. The van der Waals surface area contributed by atoms with Crippen LogP contribution in [0.2, 0.25) is 0 Å². The lowest BCUT2D eigenvalue weighted by Crippen LogP contribution is -2.13. The van der Waals surface area contributed by atoms with Crippen molar-refractivity contribution in [3.05, 3.63) is 77.1 Å². The van der Waals surface area contributed by atoms with Gasteiger partial charge in [-0.15, -0.1) is 0 Å². The van der Waals surface area contributed by atoms with Gasteiger partial charge in [-0.2, -0.15) is 0 Å². The van der Waals surface area contributed by atoms with Gasteiger partial charge in [-0.25, -0.2) is 0 Å². The number of phenols is 1. The first-order chi connectivity index (χ1) is 13.9. The van der Waals surface area contributed by atoms with Gasteiger partial charge in [0.1, 0.15) is 5.75 Å². The molecule has 0 radical (unpaired) electrons. The van der Waals surface area contributed by atoms with Crippen molar-refractivity contribution in [3.63, 3.8) is 0 Å². The van der Waals surface area contributed by atoms with Crippen molar-refractivity contribution >= 4 is 11.9 Å². The summed E-state index contributed by atoms with van der Waals surface area (Å²) in [6.07, 6.45) is 0.539. The van der Waals surface area contributed by atoms with Gasteiger partial charge in [0.25, 0.3) is 5.91 Å². The Morgan fingerprint density at radius 2 is 1.83 bits per heavy atom. The zero-order valence-corrected chi connectivity index (χ0v) is 16.5. The summed E-state index contributed by atoms with van der Waals surface area (Å²) < 4.78 is 6.81. The fraction of sp³-hybridized carbons (Fsp3) is 0.217. The Kier molecular flexibility index (Phi) is 6.02. The van der Waals surface area contributed by atoms with Crippen molar-refractivity contribution in [1.29, 1.82) is 0 Å². The minimum absolute atomic E-state index is 0.0882. The van der Waals surface area contributed by atoms with E-state index >= 15 is 0 Å². The number of aromatic hydroxyl groups is 1. The van der Waals surface area contributed by atoms with Gasteiger partial charge in [-0.05, 0) is 36.6 Å². The van der Waals surface area contributed by atoms with Crippen LogP contribution < -0.4 is 5.73 Å². The van der Waals surface area contributed by atoms with Crippen LogP contribution in [-0.2, 0) is 22.5 Å². The van der Waals surface area contributed by atoms with Gasteiger partial charge in [-0.3, -0.25) is 9.59 Å². The Bertz CT molecular complexity index is 1040. The maximum absolute atomic E-state index is 12.4. The third-order valence-corrected chi connectivity index (χ3v) is 4.99. The number of aromatic nitrogens is 1. The standard InChI is InChI=1S/C23H24N2O4/c1-15-21(23(24)28)22(17-9-6-10-18(26)13-17)19(11-12-20(27)29-2)25(15)14-16-7-4-3-5-8-16/h3-10,13,26H,11-12,14H2,1-2H3,(H2,24,28). The molecule has 1 heterocycles. The van der Waals surface area contributed by atoms with Crippen molar-refractivity contribution in [1.82, 2.24) is 4.57 Å². The predicted octanol–water partition coefficient (Wildman–Crippen LogP) is 3.42. The molecule has 150 valence electrons. The van der Waals surface area contributed by atoms with Crippen molar-refractivity contribution in [3.8, 4) is 16.9 Å². The van der Waals surface area contributed by atoms with E-state index in [2.05, 4.69) is 0 Å². The number of nitrogens with zero attached hydrogens (tertiary/aromatic N) is 1. The number of carbonyl (C=O) groups excluding carboxylic acids is 2. The van der Waals surface area contributed by atoms with Gasteiger partial charge in [0, 0.05) is 23.5 Å². The zero-order chi connectivity index (χ0) is 21.0. The van der Waals surface area contributed by atoms with Crippen LogP contribution in [0.25, 0.3) is 11.1 Å². The van der Waals surface area contributed by atoms with Gasteiger partial charge in [-0.1, -0.05) is 42.5 Å². The van der Waals surface area contributed by atoms with Gasteiger partial charge >= 0.3 is 5.97 Å². The van der Waals surface area contributed by atoms with E-state index in [0.717, 1.165) is 17.0 Å². The SMILES string of the molecule is COC(=O)CCc1c(-c2cccc(O)c2)c(C(N)=O)c(C)n1Cc1ccccc1. The summed E-state index contributed by atoms with van der Waals surface area (Å²) in [4.78, 5) is 24.2. The maximum Gasteiger partial charge on any atom is 0.305 e. The summed E-state index contributed by atoms with van der Waals surface area (Å²) in [5.41, 5.74) is 10.0. The average molecular weight is 392 g/mol. The molecule has 0 unspecified atom stereocenters. The highest BCUT2D eigenvalue weighted by Crippen LogP contribution is 2.35. The molecule has 0 spiro atoms. The van der Waals surface area contributed by atoms with Crippen LogP contribution in [0.3, 0.4) is 0 Å². The molecule has 6 nitrogen and oxygen atoms in total. The quantitative estimate of drug-likeness (QED) is 0.602. The summed E-state index contributed by atoms with van der Waals surface area (Å²) in [6, 6.07) is 16.5. The molecule has 0 aliphatic carbocycles. The van der Waals surface area contributed by atoms with Gasteiger partial charge in [0.05, 0.1) is 19.1 Å². The number of phenolic OH excluding ortho intramolecular Hbond substituents is 1. The van der Waals surface area contributed by atoms with E-state index in [1.165, 1.54) is 7.11 Å². The molecule has 3 rings (SSSR count). The lowest BCUT2D eigenvalue weighted by molar-refractivity contribution is -0.140. The minimum atomic E-state index is -0.549. The van der Waals surface area contributed by atoms with E-state index in [9.17, 15) is 14.7 Å². The van der Waals surface area contributed by atoms with Gasteiger partial charge in [0.2, 0.25) is 0 Å². The highest BCUT2D eigenvalue weighted by atomic mass is 16.5. The van der Waals surface area contributed by atoms with Crippen molar-refractivity contribution in [2.45, 2.75) is 26.3 Å². The highest BCUT2D eigenvalue weighted by molar-refractivity contribution is 6.02. The highest BCUT2D eigenvalue weighted by Gasteiger charge is 2.25. The number of methoxy groups -OCH3 is 1. The lowest BCUT2D eigenvalue weighted by atomic mass is 9.97. The lowest BCUT2D eigenvalue weighted by Gasteiger charge is -2.13. The van der Waals surface area contributed by atoms with Crippen LogP contribution in [0.5, 0.6) is 5.75 Å². The van der Waals surface area contributed by atoms with Crippen LogP contribution in [0, 0.1) is 6.92 Å². The first kappa shape index (κ1) is 20.2. The third-order valence-electron chi connectivity index (χ3n) is 4.99. The summed E-state index contributed by atoms with van der Waals surface area (Å²) in [5, 5.41) is 9.97. The van der Waals surface area contributed by atoms with Gasteiger partial charge in [0.15, 0.2) is 0 Å². The van der Waals surface area contributed by atoms with Crippen molar-refractivity contribution in [2.75, 3.05) is 7.11 Å². The molecule has 2 aromatic carbocycles. The second kappa shape index (κ2) is 8.65. The molecule has 1 aromatic heterocycles. The number of amides is 1. The van der Waals surface area contributed by atoms with Crippen LogP contribution in [0.15, 0.2) is 54.6 Å². The number of nitrogens with two attached hydrogens (primary N) is 1. The first-order valence-electron chi connectivity index (χ1n) is 9.34. The summed E-state index contributed by atoms with van der Waals surface area (Å²) in [5.74, 6) is -0.796. The predicted molar refractivity (Wildman–Crippen MR) is 111 cm³/mol. The topological polar surface area (TPSA) is 94.6 Å². The smallest absolute Gasteiger partial charge is 0.305 e. The molecule has 0 saturated carbocycles. The maximum atomic E-state index is 12.4.